The highest BCUT2D eigenvalue weighted by atomic mass is 79.9. The third-order valence-corrected chi connectivity index (χ3v) is 8.58. The molecule has 0 spiro atoms. The lowest BCUT2D eigenvalue weighted by Gasteiger charge is -2.27. The number of aryl methyl sites for hydroxylation is 1. The van der Waals surface area contributed by atoms with Gasteiger partial charge in [0.1, 0.15) is 40.8 Å². The molecule has 41 heavy (non-hydrogen) atoms. The second kappa shape index (κ2) is 10.4. The molecule has 2 amide bonds. The molecule has 2 fully saturated rings. The van der Waals surface area contributed by atoms with Crippen molar-refractivity contribution in [2.45, 2.75) is 58.2 Å². The largest absolute Gasteiger partial charge is 0.466 e. The average Bonchev–Trinajstić information content (AvgIpc) is 3.34. The Balaban J connectivity index is 1.30. The van der Waals surface area contributed by atoms with Gasteiger partial charge in [-0.15, -0.1) is 0 Å². The SMILES string of the molecule is CCOC(=O)CCc1ccc2c(c1)c1c(N)ncnc1n2CC(=O)N1[C@@H](C(=O)Nc2cccc(Br)n2)C[C@]2(C)C[C@H]12. The van der Waals surface area contributed by atoms with Crippen molar-refractivity contribution in [1.29, 1.82) is 0 Å². The van der Waals surface area contributed by atoms with E-state index in [4.69, 9.17) is 10.5 Å². The number of nitrogens with two attached hydrogens (primary N) is 1. The van der Waals surface area contributed by atoms with E-state index in [1.165, 1.54) is 6.33 Å². The zero-order valence-corrected chi connectivity index (χ0v) is 24.3. The summed E-state index contributed by atoms with van der Waals surface area (Å²) in [6, 6.07) is 10.5. The molecule has 1 saturated heterocycles. The van der Waals surface area contributed by atoms with Gasteiger partial charge in [0.25, 0.3) is 0 Å². The summed E-state index contributed by atoms with van der Waals surface area (Å²) in [7, 11) is 0. The molecule has 2 aliphatic rings. The Bertz CT molecular complexity index is 1710. The van der Waals surface area contributed by atoms with Crippen LogP contribution in [0.1, 0.15) is 38.7 Å². The number of amides is 2. The number of piperidine rings is 1. The Morgan fingerprint density at radius 1 is 1.20 bits per heavy atom. The molecule has 0 radical (unpaired) electrons. The Hall–Kier alpha value is -4.06. The van der Waals surface area contributed by atoms with Crippen LogP contribution in [-0.4, -0.2) is 60.9 Å². The number of anilines is 2. The van der Waals surface area contributed by atoms with Crippen molar-refractivity contribution in [1.82, 2.24) is 24.4 Å². The predicted octanol–water partition coefficient (Wildman–Crippen LogP) is 3.84. The minimum absolute atomic E-state index is 0.00323. The number of carbonyl (C=O) groups excluding carboxylic acids is 3. The lowest BCUT2D eigenvalue weighted by atomic mass is 10.0. The first-order valence-electron chi connectivity index (χ1n) is 13.6. The summed E-state index contributed by atoms with van der Waals surface area (Å²) in [5, 5.41) is 4.34. The molecule has 1 aliphatic carbocycles. The number of esters is 1. The molecule has 12 heteroatoms. The molecule has 0 bridgehead atoms. The first kappa shape index (κ1) is 27.1. The molecule has 4 heterocycles. The topological polar surface area (TPSA) is 145 Å². The van der Waals surface area contributed by atoms with Crippen LogP contribution in [0.2, 0.25) is 0 Å². The Morgan fingerprint density at radius 3 is 2.80 bits per heavy atom. The maximum atomic E-state index is 14.0. The number of nitrogen functional groups attached to an aromatic ring is 1. The second-order valence-electron chi connectivity index (χ2n) is 10.9. The van der Waals surface area contributed by atoms with E-state index in [0.29, 0.717) is 46.7 Å². The van der Waals surface area contributed by atoms with Gasteiger partial charge in [-0.2, -0.15) is 0 Å². The maximum absolute atomic E-state index is 14.0. The number of benzene rings is 1. The highest BCUT2D eigenvalue weighted by Gasteiger charge is 2.64. The molecular formula is C29H30BrN7O4. The number of pyridine rings is 1. The third kappa shape index (κ3) is 5.01. The van der Waals surface area contributed by atoms with Crippen molar-refractivity contribution in [3.05, 3.63) is 52.9 Å². The minimum atomic E-state index is -0.603. The monoisotopic (exact) mass is 619 g/mol. The number of nitrogens with zero attached hydrogens (tertiary/aromatic N) is 5. The number of halogens is 1. The van der Waals surface area contributed by atoms with Gasteiger partial charge in [-0.3, -0.25) is 14.4 Å². The summed E-state index contributed by atoms with van der Waals surface area (Å²) in [5.74, 6) is 0.0630. The molecule has 212 valence electrons. The van der Waals surface area contributed by atoms with Crippen LogP contribution < -0.4 is 11.1 Å². The molecule has 0 unspecified atom stereocenters. The summed E-state index contributed by atoms with van der Waals surface area (Å²) in [5.41, 5.74) is 8.47. The number of nitrogens with one attached hydrogen (secondary N) is 1. The standard InChI is InChI=1S/C29H30BrN7O4/c1-3-41-24(39)10-8-16-7-9-18-17(11-16)25-26(31)32-15-33-27(25)36(18)14-23(38)37-19(12-29(2)13-20(29)37)28(40)35-22-6-4-5-21(30)34-22/h4-7,9,11,15,19-20H,3,8,10,12-14H2,1-2H3,(H2,31,32,33)(H,34,35,40)/t19-,20+,29-/m1/s1. The fourth-order valence-corrected chi connectivity index (χ4v) is 6.39. The van der Waals surface area contributed by atoms with Crippen LogP contribution in [0.15, 0.2) is 47.3 Å². The highest BCUT2D eigenvalue weighted by molar-refractivity contribution is 9.10. The smallest absolute Gasteiger partial charge is 0.306 e. The molecule has 4 aromatic rings. The fraction of sp³-hybridized carbons (Fsp3) is 0.379. The van der Waals surface area contributed by atoms with Gasteiger partial charge in [0.15, 0.2) is 0 Å². The van der Waals surface area contributed by atoms with Crippen molar-refractivity contribution >= 4 is 67.3 Å². The van der Waals surface area contributed by atoms with E-state index in [0.717, 1.165) is 22.9 Å². The van der Waals surface area contributed by atoms with Crippen molar-refractivity contribution in [2.24, 2.45) is 5.41 Å². The van der Waals surface area contributed by atoms with Crippen LogP contribution in [-0.2, 0) is 32.1 Å². The number of fused-ring (bicyclic) bond motifs is 4. The molecule has 1 aliphatic heterocycles. The van der Waals surface area contributed by atoms with Crippen LogP contribution in [0.5, 0.6) is 0 Å². The van der Waals surface area contributed by atoms with E-state index >= 15 is 0 Å². The molecule has 6 rings (SSSR count). The van der Waals surface area contributed by atoms with Crippen LogP contribution in [0.25, 0.3) is 21.9 Å². The van der Waals surface area contributed by atoms with Crippen molar-refractivity contribution < 1.29 is 19.1 Å². The molecule has 3 atom stereocenters. The van der Waals surface area contributed by atoms with Gasteiger partial charge < -0.3 is 25.3 Å². The Morgan fingerprint density at radius 2 is 2.02 bits per heavy atom. The molecule has 3 N–H and O–H groups in total. The Labute approximate surface area is 244 Å². The Kier molecular flexibility index (Phi) is 6.88. The summed E-state index contributed by atoms with van der Waals surface area (Å²) in [6.07, 6.45) is 3.61. The van der Waals surface area contributed by atoms with Crippen LogP contribution in [0, 0.1) is 5.41 Å². The average molecular weight is 621 g/mol. The van der Waals surface area contributed by atoms with Gasteiger partial charge >= 0.3 is 5.97 Å². The molecule has 11 nitrogen and oxygen atoms in total. The summed E-state index contributed by atoms with van der Waals surface area (Å²) in [4.78, 5) is 54.0. The van der Waals surface area contributed by atoms with E-state index in [9.17, 15) is 14.4 Å². The van der Waals surface area contributed by atoms with Crippen LogP contribution in [0.4, 0.5) is 11.6 Å². The van der Waals surface area contributed by atoms with E-state index in [1.807, 2.05) is 22.8 Å². The highest BCUT2D eigenvalue weighted by Crippen LogP contribution is 2.59. The molecule has 3 aromatic heterocycles. The molecule has 1 aromatic carbocycles. The summed E-state index contributed by atoms with van der Waals surface area (Å²) >= 11 is 3.33. The second-order valence-corrected chi connectivity index (χ2v) is 11.7. The van der Waals surface area contributed by atoms with Gasteiger partial charge in [-0.1, -0.05) is 19.1 Å². The van der Waals surface area contributed by atoms with E-state index in [1.54, 1.807) is 30.0 Å². The lowest BCUT2D eigenvalue weighted by Crippen LogP contribution is -2.46. The predicted molar refractivity (Wildman–Crippen MR) is 157 cm³/mol. The summed E-state index contributed by atoms with van der Waals surface area (Å²) < 4.78 is 7.51. The number of rotatable bonds is 8. The molecule has 1 saturated carbocycles. The zero-order valence-electron chi connectivity index (χ0n) is 22.8. The first-order chi connectivity index (χ1) is 19.7. The van der Waals surface area contributed by atoms with E-state index in [2.05, 4.69) is 43.1 Å². The van der Waals surface area contributed by atoms with Crippen LogP contribution >= 0.6 is 15.9 Å². The minimum Gasteiger partial charge on any atom is -0.466 e. The van der Waals surface area contributed by atoms with Crippen molar-refractivity contribution in [3.63, 3.8) is 0 Å². The van der Waals surface area contributed by atoms with Crippen molar-refractivity contribution in [3.8, 4) is 0 Å². The van der Waals surface area contributed by atoms with Crippen LogP contribution in [0.3, 0.4) is 0 Å². The number of hydrogen-bond acceptors (Lipinski definition) is 8. The number of ether oxygens (including phenoxy) is 1. The van der Waals surface area contributed by atoms with E-state index < -0.39 is 6.04 Å². The fourth-order valence-electron chi connectivity index (χ4n) is 6.05. The first-order valence-corrected chi connectivity index (χ1v) is 14.4. The van der Waals surface area contributed by atoms with E-state index in [-0.39, 0.29) is 42.2 Å². The third-order valence-electron chi connectivity index (χ3n) is 8.14. The van der Waals surface area contributed by atoms with Gasteiger partial charge in [0, 0.05) is 17.8 Å². The number of hydrogen-bond donors (Lipinski definition) is 2. The number of carbonyl (C=O) groups is 3. The van der Waals surface area contributed by atoms with Crippen molar-refractivity contribution in [2.75, 3.05) is 17.7 Å². The quantitative estimate of drug-likeness (QED) is 0.223. The zero-order chi connectivity index (χ0) is 28.9. The van der Waals surface area contributed by atoms with Gasteiger partial charge in [-0.25, -0.2) is 15.0 Å². The maximum Gasteiger partial charge on any atom is 0.306 e. The normalized spacial score (nSPS) is 21.2. The lowest BCUT2D eigenvalue weighted by molar-refractivity contribution is -0.143. The van der Waals surface area contributed by atoms with Gasteiger partial charge in [0.2, 0.25) is 11.8 Å². The van der Waals surface area contributed by atoms with Gasteiger partial charge in [-0.05, 0) is 77.4 Å². The number of likely N-dealkylation sites (tertiary alicyclic amines) is 1. The number of aromatic nitrogens is 4. The molecular weight excluding hydrogens is 590 g/mol. The van der Waals surface area contributed by atoms with Gasteiger partial charge in [0.05, 0.1) is 17.5 Å². The summed E-state index contributed by atoms with van der Waals surface area (Å²) in [6.45, 7) is 4.23.